The maximum Gasteiger partial charge on any atom is 0.253 e. The summed E-state index contributed by atoms with van der Waals surface area (Å²) >= 11 is 0. The molecule has 1 saturated heterocycles. The molecule has 1 aliphatic carbocycles. The topological polar surface area (TPSA) is 116 Å². The molecule has 9 heteroatoms. The number of rotatable bonds is 8. The minimum Gasteiger partial charge on any atom is -0.396 e. The molecule has 1 saturated carbocycles. The van der Waals surface area contributed by atoms with Gasteiger partial charge < -0.3 is 25.0 Å². The van der Waals surface area contributed by atoms with E-state index < -0.39 is 0 Å². The summed E-state index contributed by atoms with van der Waals surface area (Å²) in [4.78, 5) is 29.1. The normalized spacial score (nSPS) is 20.7. The lowest BCUT2D eigenvalue weighted by atomic mass is 9.89. The number of nitrogens with one attached hydrogen (secondary N) is 1. The minimum atomic E-state index is -0.208. The van der Waals surface area contributed by atoms with Crippen molar-refractivity contribution in [1.29, 1.82) is 0 Å². The lowest BCUT2D eigenvalue weighted by Crippen LogP contribution is -2.38. The molecule has 3 N–H and O–H groups in total. The van der Waals surface area contributed by atoms with Crippen molar-refractivity contribution in [2.75, 3.05) is 31.6 Å². The summed E-state index contributed by atoms with van der Waals surface area (Å²) in [5.74, 6) is 1.03. The van der Waals surface area contributed by atoms with Crippen molar-refractivity contribution in [2.24, 2.45) is 0 Å². The van der Waals surface area contributed by atoms with E-state index in [4.69, 9.17) is 10.1 Å². The number of piperidine rings is 1. The zero-order chi connectivity index (χ0) is 26.6. The van der Waals surface area contributed by atoms with Crippen LogP contribution in [-0.2, 0) is 0 Å². The summed E-state index contributed by atoms with van der Waals surface area (Å²) in [7, 11) is 0. The van der Waals surface area contributed by atoms with Crippen LogP contribution in [0, 0.1) is 13.8 Å². The molecule has 1 amide bonds. The number of unbranched alkanes of at least 4 members (excludes halogenated alkanes) is 1. The summed E-state index contributed by atoms with van der Waals surface area (Å²) in [6, 6.07) is 4.07. The molecule has 0 atom stereocenters. The first kappa shape index (κ1) is 26.6. The lowest BCUT2D eigenvalue weighted by Gasteiger charge is -2.32. The van der Waals surface area contributed by atoms with Crippen molar-refractivity contribution in [3.05, 3.63) is 47.0 Å². The zero-order valence-electron chi connectivity index (χ0n) is 22.6. The van der Waals surface area contributed by atoms with E-state index in [0.717, 1.165) is 99.0 Å². The molecule has 38 heavy (non-hydrogen) atoms. The van der Waals surface area contributed by atoms with Gasteiger partial charge in [0.15, 0.2) is 0 Å². The quantitative estimate of drug-likeness (QED) is 0.383. The maximum absolute atomic E-state index is 13.2. The number of aryl methyl sites for hydroxylation is 2. The molecular weight excluding hydrogens is 480 g/mol. The van der Waals surface area contributed by atoms with Crippen molar-refractivity contribution in [1.82, 2.24) is 24.4 Å². The molecule has 5 rings (SSSR count). The molecule has 2 fully saturated rings. The van der Waals surface area contributed by atoms with Crippen LogP contribution in [0.5, 0.6) is 0 Å². The number of carbonyl (C=O) groups excluding carboxylic acids is 1. The number of pyridine rings is 1. The van der Waals surface area contributed by atoms with Crippen molar-refractivity contribution in [3.63, 3.8) is 0 Å². The third kappa shape index (κ3) is 5.83. The van der Waals surface area contributed by atoms with E-state index in [9.17, 15) is 9.90 Å². The largest absolute Gasteiger partial charge is 0.396 e. The van der Waals surface area contributed by atoms with Gasteiger partial charge in [-0.2, -0.15) is 4.98 Å². The van der Waals surface area contributed by atoms with E-state index in [2.05, 4.69) is 26.0 Å². The number of fused-ring (bicyclic) bond motifs is 1. The molecule has 204 valence electrons. The molecule has 4 heterocycles. The Balaban J connectivity index is 1.36. The fraction of sp³-hybridized carbons (Fsp3) is 0.586. The number of hydrogen-bond donors (Lipinski definition) is 3. The Morgan fingerprint density at radius 1 is 1.03 bits per heavy atom. The van der Waals surface area contributed by atoms with Gasteiger partial charge in [-0.05, 0) is 88.8 Å². The molecule has 1 aliphatic heterocycles. The number of likely N-dealkylation sites (tertiary alicyclic amines) is 1. The van der Waals surface area contributed by atoms with Gasteiger partial charge in [0, 0.05) is 67.0 Å². The summed E-state index contributed by atoms with van der Waals surface area (Å²) < 4.78 is 2.32. The molecule has 0 spiro atoms. The van der Waals surface area contributed by atoms with Crippen LogP contribution in [0.1, 0.15) is 90.6 Å². The standard InChI is InChI=1S/C29H40N6O3/c1-19-15-22(16-20(2)32-19)28(38)34-12-9-21(10-13-34)26-18-35(23-5-7-24(37)8-6-23)27-25(26)17-31-29(33-27)30-11-3-4-14-36/h15-18,21,23-24,36-37H,3-14H2,1-2H3,(H,30,31,33)/t23-,24-. The van der Waals surface area contributed by atoms with Crippen LogP contribution in [0.4, 0.5) is 5.95 Å². The first-order chi connectivity index (χ1) is 18.4. The van der Waals surface area contributed by atoms with Crippen LogP contribution < -0.4 is 5.32 Å². The number of aliphatic hydroxyl groups excluding tert-OH is 2. The highest BCUT2D eigenvalue weighted by Crippen LogP contribution is 2.38. The van der Waals surface area contributed by atoms with Crippen LogP contribution in [0.2, 0.25) is 0 Å². The first-order valence-electron chi connectivity index (χ1n) is 14.1. The summed E-state index contributed by atoms with van der Waals surface area (Å²) in [5, 5.41) is 23.5. The van der Waals surface area contributed by atoms with Gasteiger partial charge in [0.05, 0.1) is 6.10 Å². The van der Waals surface area contributed by atoms with Gasteiger partial charge >= 0.3 is 0 Å². The van der Waals surface area contributed by atoms with E-state index in [1.54, 1.807) is 0 Å². The van der Waals surface area contributed by atoms with Gasteiger partial charge in [0.25, 0.3) is 5.91 Å². The highest BCUT2D eigenvalue weighted by Gasteiger charge is 2.30. The predicted molar refractivity (Wildman–Crippen MR) is 147 cm³/mol. The monoisotopic (exact) mass is 520 g/mol. The number of aromatic nitrogens is 4. The second-order valence-corrected chi connectivity index (χ2v) is 10.9. The second kappa shape index (κ2) is 11.8. The van der Waals surface area contributed by atoms with Crippen LogP contribution in [-0.4, -0.2) is 72.9 Å². The average Bonchev–Trinajstić information content (AvgIpc) is 3.29. The highest BCUT2D eigenvalue weighted by atomic mass is 16.3. The van der Waals surface area contributed by atoms with Crippen LogP contribution in [0.25, 0.3) is 11.0 Å². The smallest absolute Gasteiger partial charge is 0.253 e. The predicted octanol–water partition coefficient (Wildman–Crippen LogP) is 4.12. The van der Waals surface area contributed by atoms with E-state index in [0.29, 0.717) is 17.9 Å². The number of hydrogen-bond acceptors (Lipinski definition) is 7. The summed E-state index contributed by atoms with van der Waals surface area (Å²) in [6.45, 7) is 6.20. The summed E-state index contributed by atoms with van der Waals surface area (Å²) in [5.41, 5.74) is 4.67. The van der Waals surface area contributed by atoms with Crippen LogP contribution in [0.15, 0.2) is 24.5 Å². The fourth-order valence-electron chi connectivity index (χ4n) is 6.05. The Bertz CT molecular complexity index is 1240. The zero-order valence-corrected chi connectivity index (χ0v) is 22.6. The third-order valence-electron chi connectivity index (χ3n) is 8.08. The molecule has 2 aliphatic rings. The van der Waals surface area contributed by atoms with Gasteiger partial charge in [-0.25, -0.2) is 4.98 Å². The van der Waals surface area contributed by atoms with Gasteiger partial charge in [0.2, 0.25) is 5.95 Å². The molecule has 3 aromatic rings. The Morgan fingerprint density at radius 3 is 2.42 bits per heavy atom. The molecular formula is C29H40N6O3. The molecule has 0 bridgehead atoms. The van der Waals surface area contributed by atoms with Gasteiger partial charge in [-0.3, -0.25) is 9.78 Å². The number of amides is 1. The lowest BCUT2D eigenvalue weighted by molar-refractivity contribution is 0.0712. The van der Waals surface area contributed by atoms with Gasteiger partial charge in [-0.1, -0.05) is 0 Å². The van der Waals surface area contributed by atoms with Crippen molar-refractivity contribution in [3.8, 4) is 0 Å². The maximum atomic E-state index is 13.2. The van der Waals surface area contributed by atoms with Crippen LogP contribution >= 0.6 is 0 Å². The van der Waals surface area contributed by atoms with E-state index in [1.165, 1.54) is 5.56 Å². The van der Waals surface area contributed by atoms with Gasteiger partial charge in [-0.15, -0.1) is 0 Å². The Hall–Kier alpha value is -3.04. The number of anilines is 1. The Morgan fingerprint density at radius 2 is 1.74 bits per heavy atom. The number of nitrogens with zero attached hydrogens (tertiary/aromatic N) is 5. The minimum absolute atomic E-state index is 0.0838. The van der Waals surface area contributed by atoms with E-state index in [1.807, 2.05) is 37.1 Å². The van der Waals surface area contributed by atoms with Gasteiger partial charge in [0.1, 0.15) is 5.65 Å². The van der Waals surface area contributed by atoms with E-state index >= 15 is 0 Å². The molecule has 0 unspecified atom stereocenters. The van der Waals surface area contributed by atoms with Crippen LogP contribution in [0.3, 0.4) is 0 Å². The van der Waals surface area contributed by atoms with E-state index in [-0.39, 0.29) is 18.6 Å². The first-order valence-corrected chi connectivity index (χ1v) is 14.1. The fourth-order valence-corrected chi connectivity index (χ4v) is 6.05. The molecule has 0 radical (unpaired) electrons. The molecule has 3 aromatic heterocycles. The molecule has 0 aromatic carbocycles. The second-order valence-electron chi connectivity index (χ2n) is 10.9. The molecule has 9 nitrogen and oxygen atoms in total. The number of carbonyl (C=O) groups is 1. The third-order valence-corrected chi connectivity index (χ3v) is 8.08. The average molecular weight is 521 g/mol. The van der Waals surface area contributed by atoms with Crippen molar-refractivity contribution in [2.45, 2.75) is 83.3 Å². The van der Waals surface area contributed by atoms with Crippen molar-refractivity contribution >= 4 is 22.9 Å². The Kier molecular flexibility index (Phi) is 8.24. The highest BCUT2D eigenvalue weighted by molar-refractivity contribution is 5.94. The Labute approximate surface area is 224 Å². The SMILES string of the molecule is Cc1cc(C(=O)N2CCC(c3cn([C@H]4CC[C@H](O)CC4)c4nc(NCCCCO)ncc34)CC2)cc(C)n1. The summed E-state index contributed by atoms with van der Waals surface area (Å²) in [6.07, 6.45) is 10.9. The van der Waals surface area contributed by atoms with Crippen molar-refractivity contribution < 1.29 is 15.0 Å². The number of aliphatic hydroxyl groups is 2.